The number of benzene rings is 4. The van der Waals surface area contributed by atoms with Crippen LogP contribution in [0.5, 0.6) is 5.75 Å². The summed E-state index contributed by atoms with van der Waals surface area (Å²) in [6.07, 6.45) is 7.66. The summed E-state index contributed by atoms with van der Waals surface area (Å²) in [5, 5.41) is 5.02. The Morgan fingerprint density at radius 1 is 0.974 bits per heavy atom. The normalized spacial score (nSPS) is 19.7. The molecule has 1 N–H and O–H groups in total. The number of aryl methyl sites for hydroxylation is 1. The zero-order valence-corrected chi connectivity index (χ0v) is 22.6. The Balaban J connectivity index is 1.17. The second kappa shape index (κ2) is 10.7. The molecule has 38 heavy (non-hydrogen) atoms. The Kier molecular flexibility index (Phi) is 6.97. The van der Waals surface area contributed by atoms with Crippen LogP contribution in [-0.2, 0) is 6.61 Å². The molecular weight excluding hydrogens is 511 g/mol. The van der Waals surface area contributed by atoms with Crippen molar-refractivity contribution in [1.29, 1.82) is 0 Å². The summed E-state index contributed by atoms with van der Waals surface area (Å²) in [6, 6.07) is 28.9. The van der Waals surface area contributed by atoms with Gasteiger partial charge in [-0.3, -0.25) is 4.99 Å². The third-order valence-electron chi connectivity index (χ3n) is 7.44. The summed E-state index contributed by atoms with van der Waals surface area (Å²) < 4.78 is 6.07. The van der Waals surface area contributed by atoms with Gasteiger partial charge < -0.3 is 10.1 Å². The number of fused-ring (bicyclic) bond motifs is 3. The van der Waals surface area contributed by atoms with Crippen molar-refractivity contribution in [2.45, 2.75) is 31.9 Å². The number of aliphatic imine (C=N–C) groups is 1. The number of halogens is 2. The second-order valence-corrected chi connectivity index (χ2v) is 10.8. The molecule has 0 aromatic heterocycles. The molecule has 1 heterocycles. The molecule has 5 heteroatoms. The molecule has 0 spiro atoms. The van der Waals surface area contributed by atoms with E-state index >= 15 is 0 Å². The van der Waals surface area contributed by atoms with Crippen molar-refractivity contribution >= 4 is 40.8 Å². The SMILES string of the molecule is Cc1ccc2c(c1)[C@@H]1C=CC[C@H]1[C@H](c1ccc(N=Cc3ccccc3OCc3ccc(Cl)cc3Cl)cc1)N2. The molecule has 4 aromatic rings. The van der Waals surface area contributed by atoms with Crippen molar-refractivity contribution in [3.8, 4) is 5.75 Å². The number of hydrogen-bond donors (Lipinski definition) is 1. The van der Waals surface area contributed by atoms with E-state index < -0.39 is 0 Å². The van der Waals surface area contributed by atoms with Crippen LogP contribution in [0.3, 0.4) is 0 Å². The van der Waals surface area contributed by atoms with Gasteiger partial charge >= 0.3 is 0 Å². The van der Waals surface area contributed by atoms with Crippen LogP contribution in [0.4, 0.5) is 11.4 Å². The van der Waals surface area contributed by atoms with Crippen molar-refractivity contribution in [2.24, 2.45) is 10.9 Å². The molecule has 1 aliphatic carbocycles. The summed E-state index contributed by atoms with van der Waals surface area (Å²) >= 11 is 12.3. The molecule has 0 saturated carbocycles. The third-order valence-corrected chi connectivity index (χ3v) is 8.03. The van der Waals surface area contributed by atoms with Crippen LogP contribution in [0.2, 0.25) is 10.0 Å². The van der Waals surface area contributed by atoms with E-state index in [1.807, 2.05) is 42.6 Å². The highest BCUT2D eigenvalue weighted by Crippen LogP contribution is 2.50. The van der Waals surface area contributed by atoms with Gasteiger partial charge in [0.2, 0.25) is 0 Å². The third kappa shape index (κ3) is 5.09. The Morgan fingerprint density at radius 3 is 2.66 bits per heavy atom. The fourth-order valence-electron chi connectivity index (χ4n) is 5.47. The van der Waals surface area contributed by atoms with Crippen LogP contribution in [0.25, 0.3) is 0 Å². The first-order valence-electron chi connectivity index (χ1n) is 12.9. The van der Waals surface area contributed by atoms with E-state index in [1.54, 1.807) is 6.07 Å². The smallest absolute Gasteiger partial charge is 0.128 e. The molecule has 4 aromatic carbocycles. The standard InChI is InChI=1S/C33H28Cl2N2O/c1-21-9-16-31-29(17-21)27-6-4-7-28(27)33(37-31)22-11-14-26(15-12-22)36-19-23-5-2-3-8-32(23)38-20-24-10-13-25(34)18-30(24)35/h2-6,8-19,27-28,33,37H,7,20H2,1H3/t27-,28-,33+/m1/s1. The summed E-state index contributed by atoms with van der Waals surface area (Å²) in [4.78, 5) is 4.74. The van der Waals surface area contributed by atoms with Gasteiger partial charge in [-0.15, -0.1) is 0 Å². The van der Waals surface area contributed by atoms with Gasteiger partial charge in [0.25, 0.3) is 0 Å². The Hall–Kier alpha value is -3.53. The highest BCUT2D eigenvalue weighted by atomic mass is 35.5. The van der Waals surface area contributed by atoms with Gasteiger partial charge in [-0.2, -0.15) is 0 Å². The minimum Gasteiger partial charge on any atom is -0.488 e. The molecule has 0 fully saturated rings. The lowest BCUT2D eigenvalue weighted by molar-refractivity contribution is 0.306. The maximum atomic E-state index is 6.31. The number of nitrogens with one attached hydrogen (secondary N) is 1. The van der Waals surface area contributed by atoms with Crippen molar-refractivity contribution < 1.29 is 4.74 Å². The lowest BCUT2D eigenvalue weighted by Gasteiger charge is -2.37. The maximum absolute atomic E-state index is 6.31. The maximum Gasteiger partial charge on any atom is 0.128 e. The van der Waals surface area contributed by atoms with E-state index in [-0.39, 0.29) is 6.04 Å². The van der Waals surface area contributed by atoms with Gasteiger partial charge in [-0.1, -0.05) is 83.4 Å². The van der Waals surface area contributed by atoms with Crippen LogP contribution in [-0.4, -0.2) is 6.21 Å². The monoisotopic (exact) mass is 538 g/mol. The van der Waals surface area contributed by atoms with Crippen LogP contribution >= 0.6 is 23.2 Å². The molecule has 0 bridgehead atoms. The first kappa shape index (κ1) is 24.8. The quantitative estimate of drug-likeness (QED) is 0.196. The average Bonchev–Trinajstić information content (AvgIpc) is 3.42. The van der Waals surface area contributed by atoms with E-state index in [2.05, 4.69) is 66.9 Å². The number of anilines is 1. The topological polar surface area (TPSA) is 33.6 Å². The number of nitrogens with zero attached hydrogens (tertiary/aromatic N) is 1. The van der Waals surface area contributed by atoms with E-state index in [0.717, 1.165) is 29.0 Å². The molecule has 1 aliphatic heterocycles. The molecule has 3 atom stereocenters. The lowest BCUT2D eigenvalue weighted by Crippen LogP contribution is -2.29. The number of hydrogen-bond acceptors (Lipinski definition) is 3. The van der Waals surface area contributed by atoms with Crippen LogP contribution in [0.1, 0.15) is 46.2 Å². The van der Waals surface area contributed by atoms with Crippen LogP contribution in [0, 0.1) is 12.8 Å². The average molecular weight is 540 g/mol. The molecule has 0 radical (unpaired) electrons. The molecule has 2 aliphatic rings. The highest BCUT2D eigenvalue weighted by molar-refractivity contribution is 6.35. The molecule has 3 nitrogen and oxygen atoms in total. The van der Waals surface area contributed by atoms with Gasteiger partial charge in [-0.25, -0.2) is 0 Å². The highest BCUT2D eigenvalue weighted by Gasteiger charge is 2.37. The van der Waals surface area contributed by atoms with Crippen molar-refractivity contribution in [3.05, 3.63) is 135 Å². The summed E-state index contributed by atoms with van der Waals surface area (Å²) in [5.41, 5.74) is 7.95. The largest absolute Gasteiger partial charge is 0.488 e. The minimum absolute atomic E-state index is 0.275. The lowest BCUT2D eigenvalue weighted by atomic mass is 9.76. The first-order chi connectivity index (χ1) is 18.5. The predicted molar refractivity (Wildman–Crippen MR) is 158 cm³/mol. The first-order valence-corrected chi connectivity index (χ1v) is 13.6. The molecular formula is C33H28Cl2N2O. The second-order valence-electron chi connectivity index (χ2n) is 9.98. The number of ether oxygens (including phenoxy) is 1. The van der Waals surface area contributed by atoms with E-state index in [9.17, 15) is 0 Å². The number of allylic oxidation sites excluding steroid dienone is 2. The zero-order valence-electron chi connectivity index (χ0n) is 21.1. The van der Waals surface area contributed by atoms with Crippen molar-refractivity contribution in [2.75, 3.05) is 5.32 Å². The van der Waals surface area contributed by atoms with Gasteiger partial charge in [0, 0.05) is 39.0 Å². The summed E-state index contributed by atoms with van der Waals surface area (Å²) in [7, 11) is 0. The Morgan fingerprint density at radius 2 is 1.82 bits per heavy atom. The zero-order chi connectivity index (χ0) is 26.1. The van der Waals surface area contributed by atoms with E-state index in [4.69, 9.17) is 32.9 Å². The van der Waals surface area contributed by atoms with Gasteiger partial charge in [0.05, 0.1) is 11.7 Å². The Labute approximate surface area is 233 Å². The molecule has 6 rings (SSSR count). The number of para-hydroxylation sites is 1. The fourth-order valence-corrected chi connectivity index (χ4v) is 5.93. The minimum atomic E-state index is 0.275. The van der Waals surface area contributed by atoms with Gasteiger partial charge in [-0.05, 0) is 72.9 Å². The number of rotatable bonds is 6. The molecule has 0 amide bonds. The van der Waals surface area contributed by atoms with Crippen molar-refractivity contribution in [3.63, 3.8) is 0 Å². The molecule has 0 unspecified atom stereocenters. The van der Waals surface area contributed by atoms with E-state index in [0.29, 0.717) is 28.5 Å². The molecule has 0 saturated heterocycles. The predicted octanol–water partition coefficient (Wildman–Crippen LogP) is 9.46. The van der Waals surface area contributed by atoms with Gasteiger partial charge in [0.1, 0.15) is 12.4 Å². The summed E-state index contributed by atoms with van der Waals surface area (Å²) in [6.45, 7) is 2.52. The van der Waals surface area contributed by atoms with E-state index in [1.165, 1.54) is 22.4 Å². The summed E-state index contributed by atoms with van der Waals surface area (Å²) in [5.74, 6) is 1.74. The molecule has 190 valence electrons. The van der Waals surface area contributed by atoms with Crippen LogP contribution < -0.4 is 10.1 Å². The van der Waals surface area contributed by atoms with Crippen LogP contribution in [0.15, 0.2) is 102 Å². The fraction of sp³-hybridized carbons (Fsp3) is 0.182. The van der Waals surface area contributed by atoms with Gasteiger partial charge in [0.15, 0.2) is 0 Å². The Bertz CT molecular complexity index is 1530. The van der Waals surface area contributed by atoms with Crippen molar-refractivity contribution in [1.82, 2.24) is 0 Å².